The molecule has 96 valence electrons. The number of aromatic amines is 1. The molecule has 0 fully saturated rings. The highest BCUT2D eigenvalue weighted by atomic mass is 19.1. The number of phenolic OH excluding ortho intramolecular Hbond substituents is 1. The molecule has 0 radical (unpaired) electrons. The van der Waals surface area contributed by atoms with Crippen LogP contribution in [0.1, 0.15) is 5.69 Å². The van der Waals surface area contributed by atoms with Crippen molar-refractivity contribution >= 4 is 10.9 Å². The van der Waals surface area contributed by atoms with E-state index in [9.17, 15) is 13.9 Å². The van der Waals surface area contributed by atoms with Crippen molar-refractivity contribution in [3.8, 4) is 16.9 Å². The van der Waals surface area contributed by atoms with Gasteiger partial charge in [-0.05, 0) is 36.8 Å². The van der Waals surface area contributed by atoms with Crippen LogP contribution < -0.4 is 0 Å². The smallest absolute Gasteiger partial charge is 0.148 e. The van der Waals surface area contributed by atoms with E-state index in [4.69, 9.17) is 0 Å². The predicted octanol–water partition coefficient (Wildman–Crippen LogP) is 4.13. The van der Waals surface area contributed by atoms with Crippen molar-refractivity contribution < 1.29 is 13.9 Å². The molecular formula is C15H11F2NO. The molecule has 0 bridgehead atoms. The van der Waals surface area contributed by atoms with Crippen molar-refractivity contribution in [2.45, 2.75) is 6.92 Å². The number of phenols is 1. The van der Waals surface area contributed by atoms with Gasteiger partial charge in [-0.2, -0.15) is 0 Å². The molecule has 0 amide bonds. The Balaban J connectivity index is 2.29. The summed E-state index contributed by atoms with van der Waals surface area (Å²) in [4.78, 5) is 2.80. The Bertz CT molecular complexity index is 760. The molecule has 0 saturated carbocycles. The number of fused-ring (bicyclic) bond motifs is 1. The SMILES string of the molecule is Cc1cc2c(F)c(-c3ccc(O)cc3)cc(F)c2[nH]1. The average Bonchev–Trinajstić information content (AvgIpc) is 2.78. The highest BCUT2D eigenvalue weighted by Crippen LogP contribution is 2.32. The fourth-order valence-electron chi connectivity index (χ4n) is 2.21. The fraction of sp³-hybridized carbons (Fsp3) is 0.0667. The van der Waals surface area contributed by atoms with Crippen LogP contribution in [-0.4, -0.2) is 10.1 Å². The molecule has 1 heterocycles. The quantitative estimate of drug-likeness (QED) is 0.677. The number of rotatable bonds is 1. The van der Waals surface area contributed by atoms with Gasteiger partial charge in [-0.25, -0.2) is 8.78 Å². The minimum atomic E-state index is -0.493. The molecule has 2 N–H and O–H groups in total. The number of H-pyrrole nitrogens is 1. The van der Waals surface area contributed by atoms with E-state index < -0.39 is 11.6 Å². The summed E-state index contributed by atoms with van der Waals surface area (Å²) in [5.41, 5.74) is 1.59. The summed E-state index contributed by atoms with van der Waals surface area (Å²) < 4.78 is 28.4. The fourth-order valence-corrected chi connectivity index (χ4v) is 2.21. The van der Waals surface area contributed by atoms with Gasteiger partial charge in [-0.15, -0.1) is 0 Å². The third-order valence-corrected chi connectivity index (χ3v) is 3.11. The molecule has 2 nitrogen and oxygen atoms in total. The highest BCUT2D eigenvalue weighted by molar-refractivity contribution is 5.87. The minimum Gasteiger partial charge on any atom is -0.508 e. The summed E-state index contributed by atoms with van der Waals surface area (Å²) in [5.74, 6) is -0.873. The molecule has 2 aromatic carbocycles. The van der Waals surface area contributed by atoms with Crippen LogP contribution in [0.15, 0.2) is 36.4 Å². The number of hydrogen-bond donors (Lipinski definition) is 2. The summed E-state index contributed by atoms with van der Waals surface area (Å²) in [6.07, 6.45) is 0. The molecular weight excluding hydrogens is 248 g/mol. The van der Waals surface area contributed by atoms with Crippen molar-refractivity contribution in [2.75, 3.05) is 0 Å². The number of nitrogens with one attached hydrogen (secondary N) is 1. The van der Waals surface area contributed by atoms with Crippen molar-refractivity contribution in [3.63, 3.8) is 0 Å². The molecule has 0 spiro atoms. The first-order valence-corrected chi connectivity index (χ1v) is 5.83. The van der Waals surface area contributed by atoms with E-state index in [1.807, 2.05) is 0 Å². The summed E-state index contributed by atoms with van der Waals surface area (Å²) in [6.45, 7) is 1.75. The Hall–Kier alpha value is -2.36. The molecule has 0 aliphatic heterocycles. The third kappa shape index (κ3) is 1.85. The van der Waals surface area contributed by atoms with Gasteiger partial charge in [0.15, 0.2) is 0 Å². The molecule has 0 aliphatic carbocycles. The standard InChI is InChI=1S/C15H11F2NO/c1-8-6-12-14(17)11(7-13(16)15(12)18-8)9-2-4-10(19)5-3-9/h2-7,18-19H,1H3. The Kier molecular flexibility index (Phi) is 2.52. The van der Waals surface area contributed by atoms with Gasteiger partial charge in [0.2, 0.25) is 0 Å². The van der Waals surface area contributed by atoms with Gasteiger partial charge in [0.25, 0.3) is 0 Å². The molecule has 19 heavy (non-hydrogen) atoms. The normalized spacial score (nSPS) is 11.1. The van der Waals surface area contributed by atoms with Crippen LogP contribution in [0.5, 0.6) is 5.75 Å². The van der Waals surface area contributed by atoms with E-state index in [0.29, 0.717) is 11.3 Å². The first kappa shape index (κ1) is 11.7. The second-order valence-corrected chi connectivity index (χ2v) is 4.51. The van der Waals surface area contributed by atoms with E-state index in [1.165, 1.54) is 18.2 Å². The van der Waals surface area contributed by atoms with Gasteiger partial charge in [-0.1, -0.05) is 12.1 Å². The van der Waals surface area contributed by atoms with Crippen LogP contribution in [-0.2, 0) is 0 Å². The van der Waals surface area contributed by atoms with Gasteiger partial charge >= 0.3 is 0 Å². The molecule has 3 rings (SSSR count). The maximum atomic E-state index is 14.4. The van der Waals surface area contributed by atoms with Crippen LogP contribution >= 0.6 is 0 Å². The van der Waals surface area contributed by atoms with Crippen LogP contribution in [0.25, 0.3) is 22.0 Å². The van der Waals surface area contributed by atoms with Crippen molar-refractivity contribution in [3.05, 3.63) is 53.7 Å². The largest absolute Gasteiger partial charge is 0.508 e. The monoisotopic (exact) mass is 259 g/mol. The number of benzene rings is 2. The van der Waals surface area contributed by atoms with E-state index in [-0.39, 0.29) is 22.2 Å². The molecule has 0 saturated heterocycles. The van der Waals surface area contributed by atoms with Gasteiger partial charge in [0, 0.05) is 16.6 Å². The summed E-state index contributed by atoms with van der Waals surface area (Å²) in [6, 6.07) is 8.74. The van der Waals surface area contributed by atoms with Gasteiger partial charge in [0.05, 0.1) is 5.52 Å². The van der Waals surface area contributed by atoms with Crippen LogP contribution in [0.3, 0.4) is 0 Å². The lowest BCUT2D eigenvalue weighted by Gasteiger charge is -2.06. The van der Waals surface area contributed by atoms with Crippen molar-refractivity contribution in [1.29, 1.82) is 0 Å². The number of halogens is 2. The van der Waals surface area contributed by atoms with Crippen LogP contribution in [0, 0.1) is 18.6 Å². The molecule has 4 heteroatoms. The zero-order valence-electron chi connectivity index (χ0n) is 10.2. The Morgan fingerprint density at radius 1 is 1.05 bits per heavy atom. The zero-order chi connectivity index (χ0) is 13.6. The topological polar surface area (TPSA) is 36.0 Å². The lowest BCUT2D eigenvalue weighted by atomic mass is 10.0. The highest BCUT2D eigenvalue weighted by Gasteiger charge is 2.15. The zero-order valence-corrected chi connectivity index (χ0v) is 10.2. The summed E-state index contributed by atoms with van der Waals surface area (Å²) >= 11 is 0. The molecule has 1 aromatic heterocycles. The lowest BCUT2D eigenvalue weighted by Crippen LogP contribution is -1.89. The van der Waals surface area contributed by atoms with Gasteiger partial charge in [-0.3, -0.25) is 0 Å². The second kappa shape index (κ2) is 4.09. The summed E-state index contributed by atoms with van der Waals surface area (Å²) in [7, 11) is 0. The first-order valence-electron chi connectivity index (χ1n) is 5.83. The first-order chi connectivity index (χ1) is 9.06. The van der Waals surface area contributed by atoms with Crippen LogP contribution in [0.4, 0.5) is 8.78 Å². The Labute approximate surface area is 108 Å². The van der Waals surface area contributed by atoms with Gasteiger partial charge in [0.1, 0.15) is 17.4 Å². The van der Waals surface area contributed by atoms with E-state index >= 15 is 0 Å². The van der Waals surface area contributed by atoms with Gasteiger partial charge < -0.3 is 10.1 Å². The maximum absolute atomic E-state index is 14.4. The number of aromatic hydroxyl groups is 1. The Morgan fingerprint density at radius 2 is 1.74 bits per heavy atom. The minimum absolute atomic E-state index is 0.0863. The third-order valence-electron chi connectivity index (χ3n) is 3.11. The van der Waals surface area contributed by atoms with Crippen molar-refractivity contribution in [1.82, 2.24) is 4.98 Å². The number of aryl methyl sites for hydroxylation is 1. The average molecular weight is 259 g/mol. The lowest BCUT2D eigenvalue weighted by molar-refractivity contribution is 0.475. The van der Waals surface area contributed by atoms with E-state index in [2.05, 4.69) is 4.98 Å². The van der Waals surface area contributed by atoms with E-state index in [0.717, 1.165) is 0 Å². The second-order valence-electron chi connectivity index (χ2n) is 4.51. The predicted molar refractivity (Wildman–Crippen MR) is 70.1 cm³/mol. The van der Waals surface area contributed by atoms with E-state index in [1.54, 1.807) is 25.1 Å². The number of hydrogen-bond acceptors (Lipinski definition) is 1. The Morgan fingerprint density at radius 3 is 2.42 bits per heavy atom. The number of aromatic nitrogens is 1. The molecule has 0 aliphatic rings. The maximum Gasteiger partial charge on any atom is 0.148 e. The summed E-state index contributed by atoms with van der Waals surface area (Å²) in [5, 5.41) is 9.47. The molecule has 3 aromatic rings. The molecule has 0 unspecified atom stereocenters. The molecule has 0 atom stereocenters. The van der Waals surface area contributed by atoms with Crippen LogP contribution in [0.2, 0.25) is 0 Å². The van der Waals surface area contributed by atoms with Crippen molar-refractivity contribution in [2.24, 2.45) is 0 Å².